The van der Waals surface area contributed by atoms with E-state index in [0.717, 1.165) is 13.1 Å². The number of hydrogen-bond acceptors (Lipinski definition) is 2. The van der Waals surface area contributed by atoms with E-state index in [2.05, 4.69) is 57.7 Å². The summed E-state index contributed by atoms with van der Waals surface area (Å²) in [5.74, 6) is 0. The monoisotopic (exact) mass is 234 g/mol. The molecule has 2 nitrogen and oxygen atoms in total. The number of nitrogens with zero attached hydrogens (tertiary/aromatic N) is 1. The minimum atomic E-state index is 0.109. The molecule has 17 heavy (non-hydrogen) atoms. The van der Waals surface area contributed by atoms with Crippen molar-refractivity contribution < 1.29 is 0 Å². The average Bonchev–Trinajstić information content (AvgIpc) is 2.24. The molecular weight excluding hydrogens is 208 g/mol. The minimum absolute atomic E-state index is 0.109. The summed E-state index contributed by atoms with van der Waals surface area (Å²) in [5, 5.41) is 0. The van der Waals surface area contributed by atoms with Crippen LogP contribution in [-0.4, -0.2) is 24.0 Å². The highest BCUT2D eigenvalue weighted by Gasteiger charge is 2.14. The molecule has 1 atom stereocenters. The molecule has 0 aliphatic rings. The maximum absolute atomic E-state index is 6.32. The Bertz CT molecular complexity index is 358. The molecule has 0 saturated heterocycles. The van der Waals surface area contributed by atoms with Crippen molar-refractivity contribution in [3.05, 3.63) is 34.9 Å². The quantitative estimate of drug-likeness (QED) is 0.848. The van der Waals surface area contributed by atoms with Crippen LogP contribution in [0.5, 0.6) is 0 Å². The molecule has 1 aromatic carbocycles. The van der Waals surface area contributed by atoms with Crippen LogP contribution < -0.4 is 5.73 Å². The fourth-order valence-electron chi connectivity index (χ4n) is 2.30. The molecule has 0 aromatic heterocycles. The summed E-state index contributed by atoms with van der Waals surface area (Å²) < 4.78 is 0. The van der Waals surface area contributed by atoms with Crippen molar-refractivity contribution in [1.82, 2.24) is 4.90 Å². The van der Waals surface area contributed by atoms with Crippen molar-refractivity contribution in [2.75, 3.05) is 13.1 Å². The summed E-state index contributed by atoms with van der Waals surface area (Å²) in [6, 6.07) is 7.19. The average molecular weight is 234 g/mol. The van der Waals surface area contributed by atoms with Gasteiger partial charge in [0.05, 0.1) is 0 Å². The fraction of sp³-hybridized carbons (Fsp3) is 0.600. The Balaban J connectivity index is 2.78. The maximum atomic E-state index is 6.32. The third-order valence-electron chi connectivity index (χ3n) is 3.39. The number of hydrogen-bond donors (Lipinski definition) is 1. The maximum Gasteiger partial charge on any atom is 0.0427 e. The van der Waals surface area contributed by atoms with Gasteiger partial charge < -0.3 is 5.73 Å². The van der Waals surface area contributed by atoms with Crippen LogP contribution in [0.1, 0.15) is 43.5 Å². The first-order valence-electron chi connectivity index (χ1n) is 6.52. The predicted molar refractivity (Wildman–Crippen MR) is 75.2 cm³/mol. The highest BCUT2D eigenvalue weighted by atomic mass is 15.1. The topological polar surface area (TPSA) is 29.3 Å². The van der Waals surface area contributed by atoms with E-state index in [4.69, 9.17) is 5.73 Å². The van der Waals surface area contributed by atoms with Crippen LogP contribution in [0.2, 0.25) is 0 Å². The number of rotatable bonds is 5. The molecule has 1 aromatic rings. The summed E-state index contributed by atoms with van der Waals surface area (Å²) in [7, 11) is 0. The zero-order valence-electron chi connectivity index (χ0n) is 11.8. The molecule has 0 spiro atoms. The van der Waals surface area contributed by atoms with Crippen molar-refractivity contribution in [3.8, 4) is 0 Å². The van der Waals surface area contributed by atoms with E-state index >= 15 is 0 Å². The summed E-state index contributed by atoms with van der Waals surface area (Å²) >= 11 is 0. The number of likely N-dealkylation sites (N-methyl/N-ethyl adjacent to an activating group) is 1. The second-order valence-corrected chi connectivity index (χ2v) is 5.15. The molecule has 0 radical (unpaired) electrons. The van der Waals surface area contributed by atoms with Gasteiger partial charge in [-0.2, -0.15) is 0 Å². The summed E-state index contributed by atoms with van der Waals surface area (Å²) in [6.07, 6.45) is 0. The van der Waals surface area contributed by atoms with Crippen molar-refractivity contribution in [3.63, 3.8) is 0 Å². The lowest BCUT2D eigenvalue weighted by Gasteiger charge is -2.28. The first kappa shape index (κ1) is 14.2. The van der Waals surface area contributed by atoms with Gasteiger partial charge >= 0.3 is 0 Å². The highest BCUT2D eigenvalue weighted by molar-refractivity contribution is 5.32. The van der Waals surface area contributed by atoms with E-state index in [1.54, 1.807) is 0 Å². The van der Waals surface area contributed by atoms with Crippen LogP contribution in [0.25, 0.3) is 0 Å². The van der Waals surface area contributed by atoms with Crippen molar-refractivity contribution >= 4 is 0 Å². The van der Waals surface area contributed by atoms with Gasteiger partial charge in [-0.3, -0.25) is 4.90 Å². The zero-order valence-corrected chi connectivity index (χ0v) is 11.8. The molecule has 0 aliphatic heterocycles. The minimum Gasteiger partial charge on any atom is -0.323 e. The first-order chi connectivity index (χ1) is 7.95. The smallest absolute Gasteiger partial charge is 0.0427 e. The van der Waals surface area contributed by atoms with Crippen molar-refractivity contribution in [2.24, 2.45) is 5.73 Å². The molecule has 0 fully saturated rings. The number of benzene rings is 1. The van der Waals surface area contributed by atoms with Crippen LogP contribution >= 0.6 is 0 Å². The lowest BCUT2D eigenvalue weighted by molar-refractivity contribution is 0.219. The van der Waals surface area contributed by atoms with E-state index in [0.29, 0.717) is 6.04 Å². The lowest BCUT2D eigenvalue weighted by atomic mass is 9.99. The van der Waals surface area contributed by atoms with Crippen molar-refractivity contribution in [2.45, 2.75) is 46.7 Å². The van der Waals surface area contributed by atoms with E-state index in [9.17, 15) is 0 Å². The fourth-order valence-corrected chi connectivity index (χ4v) is 2.30. The van der Waals surface area contributed by atoms with Gasteiger partial charge in [-0.25, -0.2) is 0 Å². The van der Waals surface area contributed by atoms with E-state index in [1.807, 2.05) is 0 Å². The molecule has 1 unspecified atom stereocenters. The first-order valence-corrected chi connectivity index (χ1v) is 6.52. The number of aryl methyl sites for hydroxylation is 2. The van der Waals surface area contributed by atoms with Crippen LogP contribution in [-0.2, 0) is 0 Å². The zero-order chi connectivity index (χ0) is 13.0. The molecule has 96 valence electrons. The molecule has 0 saturated carbocycles. The predicted octanol–water partition coefficient (Wildman–Crippen LogP) is 3.03. The summed E-state index contributed by atoms with van der Waals surface area (Å²) in [4.78, 5) is 2.41. The Kier molecular flexibility index (Phi) is 5.16. The molecule has 0 bridgehead atoms. The second-order valence-electron chi connectivity index (χ2n) is 5.15. The molecule has 0 aliphatic carbocycles. The Morgan fingerprint density at radius 3 is 2.35 bits per heavy atom. The van der Waals surface area contributed by atoms with E-state index in [1.165, 1.54) is 16.7 Å². The van der Waals surface area contributed by atoms with E-state index in [-0.39, 0.29) is 6.04 Å². The van der Waals surface area contributed by atoms with Crippen LogP contribution in [0, 0.1) is 13.8 Å². The molecule has 0 amide bonds. The summed E-state index contributed by atoms with van der Waals surface area (Å²) in [5.41, 5.74) is 10.2. The Morgan fingerprint density at radius 2 is 1.88 bits per heavy atom. The van der Waals surface area contributed by atoms with Gasteiger partial charge in [0, 0.05) is 18.6 Å². The van der Waals surface area contributed by atoms with E-state index < -0.39 is 0 Å². The van der Waals surface area contributed by atoms with Crippen LogP contribution in [0.4, 0.5) is 0 Å². The molecular formula is C15H26N2. The third kappa shape index (κ3) is 3.83. The van der Waals surface area contributed by atoms with Gasteiger partial charge in [0.15, 0.2) is 0 Å². The highest BCUT2D eigenvalue weighted by Crippen LogP contribution is 2.18. The normalized spacial score (nSPS) is 13.4. The standard InChI is InChI=1S/C15H26N2/c1-6-17(11(2)3)10-15(16)14-8-7-12(4)9-13(14)5/h7-9,11,15H,6,10,16H2,1-5H3. The van der Waals surface area contributed by atoms with Gasteiger partial charge in [-0.05, 0) is 45.4 Å². The van der Waals surface area contributed by atoms with Crippen molar-refractivity contribution in [1.29, 1.82) is 0 Å². The van der Waals surface area contributed by atoms with Gasteiger partial charge in [0.2, 0.25) is 0 Å². The van der Waals surface area contributed by atoms with Gasteiger partial charge in [0.25, 0.3) is 0 Å². The van der Waals surface area contributed by atoms with Gasteiger partial charge in [-0.1, -0.05) is 30.7 Å². The lowest BCUT2D eigenvalue weighted by Crippen LogP contribution is -2.37. The molecule has 2 heteroatoms. The third-order valence-corrected chi connectivity index (χ3v) is 3.39. The summed E-state index contributed by atoms with van der Waals surface area (Å²) in [6.45, 7) is 12.9. The second kappa shape index (κ2) is 6.18. The number of nitrogens with two attached hydrogens (primary N) is 1. The SMILES string of the molecule is CCN(CC(N)c1ccc(C)cc1C)C(C)C. The molecule has 1 rings (SSSR count). The van der Waals surface area contributed by atoms with Crippen LogP contribution in [0.15, 0.2) is 18.2 Å². The Labute approximate surface area is 106 Å². The molecule has 0 heterocycles. The van der Waals surface area contributed by atoms with Gasteiger partial charge in [-0.15, -0.1) is 0 Å². The Morgan fingerprint density at radius 1 is 1.24 bits per heavy atom. The Hall–Kier alpha value is -0.860. The van der Waals surface area contributed by atoms with Gasteiger partial charge in [0.1, 0.15) is 0 Å². The largest absolute Gasteiger partial charge is 0.323 e. The van der Waals surface area contributed by atoms with Crippen LogP contribution in [0.3, 0.4) is 0 Å². The molecule has 2 N–H and O–H groups in total.